The molecule has 0 bridgehead atoms. The highest BCUT2D eigenvalue weighted by molar-refractivity contribution is 5.56. The number of methoxy groups -OCH3 is 3. The van der Waals surface area contributed by atoms with E-state index in [1.807, 2.05) is 24.3 Å². The van der Waals surface area contributed by atoms with E-state index >= 15 is 0 Å². The summed E-state index contributed by atoms with van der Waals surface area (Å²) < 4.78 is 33.2. The van der Waals surface area contributed by atoms with Crippen LogP contribution in [-0.4, -0.2) is 34.7 Å². The highest BCUT2D eigenvalue weighted by Gasteiger charge is 2.22. The molecule has 0 fully saturated rings. The van der Waals surface area contributed by atoms with Crippen molar-refractivity contribution in [3.63, 3.8) is 0 Å². The third-order valence-corrected chi connectivity index (χ3v) is 4.66. The van der Waals surface area contributed by atoms with Gasteiger partial charge in [0.1, 0.15) is 6.61 Å². The Kier molecular flexibility index (Phi) is 6.19. The zero-order valence-corrected chi connectivity index (χ0v) is 16.7. The van der Waals surface area contributed by atoms with Crippen molar-refractivity contribution in [1.29, 1.82) is 0 Å². The van der Waals surface area contributed by atoms with Crippen LogP contribution in [0, 0.1) is 0 Å². The largest absolute Gasteiger partial charge is 0.493 e. The molecular formula is C22H26O6. The van der Waals surface area contributed by atoms with Crippen molar-refractivity contribution in [3.8, 4) is 34.5 Å². The summed E-state index contributed by atoms with van der Waals surface area (Å²) in [4.78, 5) is 0. The third-order valence-electron chi connectivity index (χ3n) is 4.66. The molecule has 0 aliphatic carbocycles. The minimum absolute atomic E-state index is 0.196. The first-order valence-electron chi connectivity index (χ1n) is 9.07. The molecule has 2 aromatic carbocycles. The molecule has 2 aromatic rings. The smallest absolute Gasteiger partial charge is 0.231 e. The van der Waals surface area contributed by atoms with E-state index in [4.69, 9.17) is 28.4 Å². The molecule has 1 heterocycles. The summed E-state index contributed by atoms with van der Waals surface area (Å²) in [6, 6.07) is 7.95. The first kappa shape index (κ1) is 19.7. The first-order chi connectivity index (χ1) is 13.6. The van der Waals surface area contributed by atoms with Crippen LogP contribution in [0.4, 0.5) is 0 Å². The van der Waals surface area contributed by atoms with Gasteiger partial charge in [0.25, 0.3) is 0 Å². The Balaban J connectivity index is 1.88. The number of benzene rings is 2. The molecular weight excluding hydrogens is 360 g/mol. The van der Waals surface area contributed by atoms with Crippen LogP contribution in [0.25, 0.3) is 0 Å². The molecule has 0 saturated heterocycles. The van der Waals surface area contributed by atoms with Crippen LogP contribution in [0.15, 0.2) is 36.9 Å². The average molecular weight is 386 g/mol. The standard InChI is InChI=1S/C22H26O6/c1-6-7-26-21-18(24-4)11-16(12-19(21)25-5)14(2)8-15-9-17(23-3)22-20(10-15)27-13-28-22/h6,9-12,14H,1,7-8,13H2,2-5H3. The summed E-state index contributed by atoms with van der Waals surface area (Å²) in [6.07, 6.45) is 2.47. The van der Waals surface area contributed by atoms with Gasteiger partial charge in [0, 0.05) is 0 Å². The van der Waals surface area contributed by atoms with Crippen molar-refractivity contribution in [2.45, 2.75) is 19.3 Å². The summed E-state index contributed by atoms with van der Waals surface area (Å²) in [5, 5.41) is 0. The van der Waals surface area contributed by atoms with Gasteiger partial charge in [0.05, 0.1) is 21.3 Å². The minimum atomic E-state index is 0.196. The van der Waals surface area contributed by atoms with Crippen molar-refractivity contribution in [1.82, 2.24) is 0 Å². The van der Waals surface area contributed by atoms with Gasteiger partial charge in [-0.1, -0.05) is 19.6 Å². The zero-order chi connectivity index (χ0) is 20.1. The summed E-state index contributed by atoms with van der Waals surface area (Å²) in [6.45, 7) is 6.42. The van der Waals surface area contributed by atoms with E-state index in [1.165, 1.54) is 0 Å². The quantitative estimate of drug-likeness (QED) is 0.597. The van der Waals surface area contributed by atoms with E-state index in [1.54, 1.807) is 27.4 Å². The topological polar surface area (TPSA) is 55.4 Å². The molecule has 3 rings (SSSR count). The van der Waals surface area contributed by atoms with E-state index in [9.17, 15) is 0 Å². The fourth-order valence-electron chi connectivity index (χ4n) is 3.24. The van der Waals surface area contributed by atoms with E-state index in [0.29, 0.717) is 41.1 Å². The van der Waals surface area contributed by atoms with Crippen LogP contribution in [-0.2, 0) is 6.42 Å². The molecule has 0 radical (unpaired) electrons. The van der Waals surface area contributed by atoms with Crippen LogP contribution in [0.2, 0.25) is 0 Å². The Morgan fingerprint density at radius 1 is 1.00 bits per heavy atom. The van der Waals surface area contributed by atoms with Gasteiger partial charge < -0.3 is 28.4 Å². The maximum atomic E-state index is 5.72. The fraction of sp³-hybridized carbons (Fsp3) is 0.364. The second kappa shape index (κ2) is 8.78. The van der Waals surface area contributed by atoms with Crippen LogP contribution in [0.3, 0.4) is 0 Å². The Bertz CT molecular complexity index is 820. The molecule has 1 atom stereocenters. The van der Waals surface area contributed by atoms with E-state index in [0.717, 1.165) is 17.5 Å². The lowest BCUT2D eigenvalue weighted by Gasteiger charge is -2.19. The molecule has 6 nitrogen and oxygen atoms in total. The molecule has 28 heavy (non-hydrogen) atoms. The van der Waals surface area contributed by atoms with Crippen molar-refractivity contribution in [3.05, 3.63) is 48.0 Å². The van der Waals surface area contributed by atoms with Gasteiger partial charge in [-0.05, 0) is 47.7 Å². The first-order valence-corrected chi connectivity index (χ1v) is 9.07. The molecule has 0 N–H and O–H groups in total. The van der Waals surface area contributed by atoms with Gasteiger partial charge in [0.2, 0.25) is 18.3 Å². The number of rotatable bonds is 9. The summed E-state index contributed by atoms with van der Waals surface area (Å²) in [7, 11) is 4.86. The Morgan fingerprint density at radius 2 is 1.68 bits per heavy atom. The molecule has 0 spiro atoms. The molecule has 150 valence electrons. The maximum absolute atomic E-state index is 5.72. The SMILES string of the molecule is C=CCOc1c(OC)cc(C(C)Cc2cc(OC)c3c(c2)OCO3)cc1OC. The Labute approximate surface area is 165 Å². The van der Waals surface area contributed by atoms with E-state index in [2.05, 4.69) is 13.5 Å². The highest BCUT2D eigenvalue weighted by Crippen LogP contribution is 2.44. The van der Waals surface area contributed by atoms with Crippen molar-refractivity contribution < 1.29 is 28.4 Å². The fourth-order valence-corrected chi connectivity index (χ4v) is 3.24. The van der Waals surface area contributed by atoms with Crippen molar-refractivity contribution >= 4 is 0 Å². The lowest BCUT2D eigenvalue weighted by Crippen LogP contribution is -2.04. The number of ether oxygens (including phenoxy) is 6. The van der Waals surface area contributed by atoms with Gasteiger partial charge in [-0.15, -0.1) is 0 Å². The van der Waals surface area contributed by atoms with Crippen LogP contribution in [0.5, 0.6) is 34.5 Å². The lowest BCUT2D eigenvalue weighted by molar-refractivity contribution is 0.171. The van der Waals surface area contributed by atoms with E-state index in [-0.39, 0.29) is 12.7 Å². The van der Waals surface area contributed by atoms with Gasteiger partial charge >= 0.3 is 0 Å². The predicted molar refractivity (Wildman–Crippen MR) is 106 cm³/mol. The predicted octanol–water partition coefficient (Wildman–Crippen LogP) is 4.35. The Morgan fingerprint density at radius 3 is 2.29 bits per heavy atom. The van der Waals surface area contributed by atoms with Crippen LogP contribution >= 0.6 is 0 Å². The minimum Gasteiger partial charge on any atom is -0.493 e. The lowest BCUT2D eigenvalue weighted by atomic mass is 9.92. The molecule has 0 saturated carbocycles. The molecule has 1 aliphatic rings. The Hall–Kier alpha value is -3.02. The van der Waals surface area contributed by atoms with E-state index < -0.39 is 0 Å². The van der Waals surface area contributed by atoms with Gasteiger partial charge in [0.15, 0.2) is 23.0 Å². The normalized spacial score (nSPS) is 13.0. The molecule has 0 amide bonds. The number of fused-ring (bicyclic) bond motifs is 1. The second-order valence-corrected chi connectivity index (χ2v) is 6.49. The molecule has 1 unspecified atom stereocenters. The molecule has 0 aromatic heterocycles. The summed E-state index contributed by atoms with van der Waals surface area (Å²) >= 11 is 0. The van der Waals surface area contributed by atoms with Crippen molar-refractivity contribution in [2.75, 3.05) is 34.7 Å². The second-order valence-electron chi connectivity index (χ2n) is 6.49. The van der Waals surface area contributed by atoms with Crippen molar-refractivity contribution in [2.24, 2.45) is 0 Å². The number of hydrogen-bond donors (Lipinski definition) is 0. The van der Waals surface area contributed by atoms with Crippen LogP contribution < -0.4 is 28.4 Å². The van der Waals surface area contributed by atoms with Gasteiger partial charge in [-0.3, -0.25) is 0 Å². The van der Waals surface area contributed by atoms with Gasteiger partial charge in [-0.2, -0.15) is 0 Å². The van der Waals surface area contributed by atoms with Gasteiger partial charge in [-0.25, -0.2) is 0 Å². The summed E-state index contributed by atoms with van der Waals surface area (Å²) in [5.74, 6) is 4.08. The highest BCUT2D eigenvalue weighted by atomic mass is 16.7. The summed E-state index contributed by atoms with van der Waals surface area (Å²) in [5.41, 5.74) is 2.18. The monoisotopic (exact) mass is 386 g/mol. The molecule has 6 heteroatoms. The maximum Gasteiger partial charge on any atom is 0.231 e. The third kappa shape index (κ3) is 3.96. The molecule has 1 aliphatic heterocycles. The van der Waals surface area contributed by atoms with Crippen LogP contribution in [0.1, 0.15) is 24.0 Å². The zero-order valence-electron chi connectivity index (χ0n) is 16.7. The number of hydrogen-bond acceptors (Lipinski definition) is 6. The average Bonchev–Trinajstić information content (AvgIpc) is 3.19.